The fourth-order valence-electron chi connectivity index (χ4n) is 4.46. The molecule has 0 atom stereocenters. The Balaban J connectivity index is 1.32. The fraction of sp³-hybridized carbons (Fsp3) is 0.737. The molecule has 1 aromatic rings. The Labute approximate surface area is 144 Å². The largest absolute Gasteiger partial charge is 0.341 e. The number of Topliss-reactive ketones (excluding diaryl/α,β-unsaturated/α-hetero) is 1. The molecule has 3 aliphatic rings. The Morgan fingerprint density at radius 2 is 1.62 bits per heavy atom. The molecule has 0 N–H and O–H groups in total. The first-order valence-electron chi connectivity index (χ1n) is 9.47. The smallest absolute Gasteiger partial charge is 0.225 e. The molecule has 0 unspecified atom stereocenters. The Morgan fingerprint density at radius 3 is 2.12 bits per heavy atom. The molecule has 0 radical (unpaired) electrons. The Morgan fingerprint density at radius 1 is 1.04 bits per heavy atom. The van der Waals surface area contributed by atoms with Gasteiger partial charge in [0.1, 0.15) is 0 Å². The number of ketones is 1. The molecule has 0 amide bonds. The first kappa shape index (κ1) is 16.0. The van der Waals surface area contributed by atoms with Gasteiger partial charge in [0, 0.05) is 31.5 Å². The summed E-state index contributed by atoms with van der Waals surface area (Å²) < 4.78 is 0. The summed E-state index contributed by atoms with van der Waals surface area (Å²) in [4.78, 5) is 25.2. The molecule has 2 saturated heterocycles. The normalized spacial score (nSPS) is 24.8. The van der Waals surface area contributed by atoms with Crippen molar-refractivity contribution in [1.82, 2.24) is 14.9 Å². The lowest BCUT2D eigenvalue weighted by Crippen LogP contribution is -2.51. The SMILES string of the molecule is CC(=O)c1cnc(N2CCC3(CC2)CCN(C2CCC2)CC3)nc1. The Hall–Kier alpha value is -1.49. The molecule has 1 aromatic heterocycles. The zero-order valence-corrected chi connectivity index (χ0v) is 14.7. The minimum Gasteiger partial charge on any atom is -0.341 e. The molecule has 3 fully saturated rings. The van der Waals surface area contributed by atoms with Crippen LogP contribution in [-0.4, -0.2) is 52.9 Å². The number of hydrogen-bond donors (Lipinski definition) is 0. The summed E-state index contributed by atoms with van der Waals surface area (Å²) in [6.07, 6.45) is 12.8. The van der Waals surface area contributed by atoms with E-state index in [1.54, 1.807) is 19.3 Å². The van der Waals surface area contributed by atoms with Crippen molar-refractivity contribution >= 4 is 11.7 Å². The molecule has 5 nitrogen and oxygen atoms in total. The van der Waals surface area contributed by atoms with Crippen LogP contribution in [0.3, 0.4) is 0 Å². The second-order valence-corrected chi connectivity index (χ2v) is 7.94. The van der Waals surface area contributed by atoms with Gasteiger partial charge in [0.25, 0.3) is 0 Å². The molecule has 4 rings (SSSR count). The van der Waals surface area contributed by atoms with Gasteiger partial charge in [-0.25, -0.2) is 9.97 Å². The van der Waals surface area contributed by atoms with Crippen molar-refractivity contribution in [2.24, 2.45) is 5.41 Å². The monoisotopic (exact) mass is 328 g/mol. The lowest BCUT2D eigenvalue weighted by Gasteiger charge is -2.49. The van der Waals surface area contributed by atoms with E-state index in [1.165, 1.54) is 58.0 Å². The molecule has 0 aromatic carbocycles. The summed E-state index contributed by atoms with van der Waals surface area (Å²) in [7, 11) is 0. The third-order valence-electron chi connectivity index (χ3n) is 6.60. The number of likely N-dealkylation sites (tertiary alicyclic amines) is 1. The van der Waals surface area contributed by atoms with Crippen molar-refractivity contribution in [3.8, 4) is 0 Å². The average molecular weight is 328 g/mol. The maximum absolute atomic E-state index is 11.3. The average Bonchev–Trinajstić information content (AvgIpc) is 2.56. The first-order chi connectivity index (χ1) is 11.7. The molecule has 1 spiro atoms. The van der Waals surface area contributed by atoms with Gasteiger partial charge in [0.2, 0.25) is 5.95 Å². The molecule has 3 heterocycles. The van der Waals surface area contributed by atoms with Crippen LogP contribution in [-0.2, 0) is 0 Å². The summed E-state index contributed by atoms with van der Waals surface area (Å²) in [6, 6.07) is 0.899. The minimum atomic E-state index is 0.0253. The van der Waals surface area contributed by atoms with Crippen molar-refractivity contribution < 1.29 is 4.79 Å². The van der Waals surface area contributed by atoms with Crippen molar-refractivity contribution in [3.63, 3.8) is 0 Å². The van der Waals surface area contributed by atoms with E-state index in [0.29, 0.717) is 11.0 Å². The van der Waals surface area contributed by atoms with E-state index in [-0.39, 0.29) is 5.78 Å². The van der Waals surface area contributed by atoms with Crippen LogP contribution >= 0.6 is 0 Å². The second-order valence-electron chi connectivity index (χ2n) is 7.94. The molecule has 0 bridgehead atoms. The summed E-state index contributed by atoms with van der Waals surface area (Å²) in [5.41, 5.74) is 1.14. The number of hydrogen-bond acceptors (Lipinski definition) is 5. The number of aromatic nitrogens is 2. The van der Waals surface area contributed by atoms with Gasteiger partial charge in [0.15, 0.2) is 5.78 Å². The first-order valence-corrected chi connectivity index (χ1v) is 9.47. The zero-order valence-electron chi connectivity index (χ0n) is 14.7. The van der Waals surface area contributed by atoms with E-state index in [0.717, 1.165) is 25.1 Å². The van der Waals surface area contributed by atoms with E-state index in [2.05, 4.69) is 19.8 Å². The van der Waals surface area contributed by atoms with Crippen LogP contribution in [0.5, 0.6) is 0 Å². The molecule has 130 valence electrons. The third-order valence-corrected chi connectivity index (χ3v) is 6.60. The van der Waals surface area contributed by atoms with Crippen LogP contribution in [0.15, 0.2) is 12.4 Å². The number of carbonyl (C=O) groups is 1. The van der Waals surface area contributed by atoms with Crippen LogP contribution < -0.4 is 4.90 Å². The zero-order chi connectivity index (χ0) is 16.6. The summed E-state index contributed by atoms with van der Waals surface area (Å²) in [5.74, 6) is 0.805. The molecule has 1 saturated carbocycles. The fourth-order valence-corrected chi connectivity index (χ4v) is 4.46. The van der Waals surface area contributed by atoms with Gasteiger partial charge in [-0.1, -0.05) is 6.42 Å². The molecule has 5 heteroatoms. The topological polar surface area (TPSA) is 49.3 Å². The Bertz CT molecular complexity index is 578. The van der Waals surface area contributed by atoms with Crippen molar-refractivity contribution in [1.29, 1.82) is 0 Å². The van der Waals surface area contributed by atoms with E-state index in [9.17, 15) is 4.79 Å². The highest BCUT2D eigenvalue weighted by Crippen LogP contribution is 2.43. The number of carbonyl (C=O) groups excluding carboxylic acids is 1. The maximum atomic E-state index is 11.3. The summed E-state index contributed by atoms with van der Waals surface area (Å²) in [5, 5.41) is 0. The van der Waals surface area contributed by atoms with Gasteiger partial charge < -0.3 is 9.80 Å². The standard InChI is InChI=1S/C19H28N4O/c1-15(24)16-13-20-18(21-14-16)23-11-7-19(8-12-23)5-9-22(10-6-19)17-3-2-4-17/h13-14,17H,2-12H2,1H3. The van der Waals surface area contributed by atoms with Crippen LogP contribution in [0.2, 0.25) is 0 Å². The minimum absolute atomic E-state index is 0.0253. The Kier molecular flexibility index (Phi) is 4.29. The highest BCUT2D eigenvalue weighted by Gasteiger charge is 2.40. The third kappa shape index (κ3) is 3.06. The lowest BCUT2D eigenvalue weighted by molar-refractivity contribution is 0.0304. The summed E-state index contributed by atoms with van der Waals surface area (Å²) >= 11 is 0. The van der Waals surface area contributed by atoms with Gasteiger partial charge in [-0.3, -0.25) is 4.79 Å². The van der Waals surface area contributed by atoms with Gasteiger partial charge in [-0.05, 0) is 64.0 Å². The lowest BCUT2D eigenvalue weighted by atomic mass is 9.70. The van der Waals surface area contributed by atoms with Crippen LogP contribution in [0.25, 0.3) is 0 Å². The van der Waals surface area contributed by atoms with E-state index in [4.69, 9.17) is 0 Å². The van der Waals surface area contributed by atoms with E-state index in [1.807, 2.05) is 0 Å². The van der Waals surface area contributed by atoms with Crippen molar-refractivity contribution in [2.45, 2.75) is 57.9 Å². The quantitative estimate of drug-likeness (QED) is 0.799. The van der Waals surface area contributed by atoms with E-state index < -0.39 is 0 Å². The van der Waals surface area contributed by atoms with Crippen LogP contribution in [0.4, 0.5) is 5.95 Å². The second kappa shape index (κ2) is 6.43. The highest BCUT2D eigenvalue weighted by molar-refractivity contribution is 5.93. The molecular formula is C19H28N4O. The predicted molar refractivity (Wildman–Crippen MR) is 94.4 cm³/mol. The van der Waals surface area contributed by atoms with Gasteiger partial charge in [-0.15, -0.1) is 0 Å². The maximum Gasteiger partial charge on any atom is 0.225 e. The van der Waals surface area contributed by atoms with Gasteiger partial charge in [0.05, 0.1) is 5.56 Å². The molecule has 1 aliphatic carbocycles. The van der Waals surface area contributed by atoms with Gasteiger partial charge in [-0.2, -0.15) is 0 Å². The number of rotatable bonds is 3. The number of anilines is 1. The molecule has 2 aliphatic heterocycles. The van der Waals surface area contributed by atoms with Crippen LogP contribution in [0.1, 0.15) is 62.2 Å². The summed E-state index contributed by atoms with van der Waals surface area (Å²) in [6.45, 7) is 6.24. The van der Waals surface area contributed by atoms with Crippen molar-refractivity contribution in [3.05, 3.63) is 18.0 Å². The number of piperidine rings is 2. The molecule has 24 heavy (non-hydrogen) atoms. The highest BCUT2D eigenvalue weighted by atomic mass is 16.1. The molecular weight excluding hydrogens is 300 g/mol. The number of nitrogens with zero attached hydrogens (tertiary/aromatic N) is 4. The van der Waals surface area contributed by atoms with Crippen molar-refractivity contribution in [2.75, 3.05) is 31.1 Å². The van der Waals surface area contributed by atoms with Gasteiger partial charge >= 0.3 is 0 Å². The van der Waals surface area contributed by atoms with E-state index >= 15 is 0 Å². The van der Waals surface area contributed by atoms with Crippen LogP contribution in [0, 0.1) is 5.41 Å². The predicted octanol–water partition coefficient (Wildman–Crippen LogP) is 2.91.